The zero-order valence-electron chi connectivity index (χ0n) is 6.37. The summed E-state index contributed by atoms with van der Waals surface area (Å²) in [4.78, 5) is 7.91. The van der Waals surface area contributed by atoms with E-state index in [9.17, 15) is 0 Å². The van der Waals surface area contributed by atoms with E-state index in [0.29, 0.717) is 21.9 Å². The average molecular weight is 215 g/mol. The van der Waals surface area contributed by atoms with Gasteiger partial charge in [-0.05, 0) is 12.1 Å². The number of oxazole rings is 1. The molecule has 66 valence electrons. The molecular formula is C8H4Cl2N2O. The summed E-state index contributed by atoms with van der Waals surface area (Å²) in [6.45, 7) is 0. The predicted octanol–water partition coefficient (Wildman–Crippen LogP) is 3.04. The van der Waals surface area contributed by atoms with Gasteiger partial charge in [0.2, 0.25) is 5.89 Å². The number of halogens is 2. The summed E-state index contributed by atoms with van der Waals surface area (Å²) >= 11 is 11.3. The molecule has 0 aliphatic rings. The molecular weight excluding hydrogens is 211 g/mol. The van der Waals surface area contributed by atoms with Crippen molar-refractivity contribution in [2.75, 3.05) is 0 Å². The lowest BCUT2D eigenvalue weighted by molar-refractivity contribution is 0.572. The van der Waals surface area contributed by atoms with Crippen LogP contribution in [0.1, 0.15) is 0 Å². The van der Waals surface area contributed by atoms with Gasteiger partial charge in [-0.25, -0.2) is 4.98 Å². The zero-order chi connectivity index (χ0) is 9.26. The summed E-state index contributed by atoms with van der Waals surface area (Å²) in [7, 11) is 0. The van der Waals surface area contributed by atoms with Crippen LogP contribution in [0.25, 0.3) is 11.6 Å². The average Bonchev–Trinajstić information content (AvgIpc) is 2.52. The van der Waals surface area contributed by atoms with Gasteiger partial charge in [0.25, 0.3) is 0 Å². The molecule has 0 saturated carbocycles. The first-order chi connectivity index (χ1) is 6.25. The number of nitrogens with zero attached hydrogens (tertiary/aromatic N) is 2. The normalized spacial score (nSPS) is 10.3. The minimum Gasteiger partial charge on any atom is -0.442 e. The fourth-order valence-corrected chi connectivity index (χ4v) is 1.18. The molecule has 3 nitrogen and oxygen atoms in total. The van der Waals surface area contributed by atoms with Crippen LogP contribution in [0.2, 0.25) is 10.3 Å². The van der Waals surface area contributed by atoms with Crippen LogP contribution < -0.4 is 0 Å². The molecule has 0 radical (unpaired) electrons. The van der Waals surface area contributed by atoms with Crippen LogP contribution in [-0.4, -0.2) is 9.97 Å². The van der Waals surface area contributed by atoms with Gasteiger partial charge < -0.3 is 4.42 Å². The molecule has 0 aliphatic heterocycles. The van der Waals surface area contributed by atoms with Crippen LogP contribution in [0.3, 0.4) is 0 Å². The van der Waals surface area contributed by atoms with Crippen LogP contribution in [0.15, 0.2) is 28.9 Å². The van der Waals surface area contributed by atoms with Crippen LogP contribution in [-0.2, 0) is 0 Å². The third-order valence-corrected chi connectivity index (χ3v) is 1.79. The lowest BCUT2D eigenvalue weighted by Gasteiger charge is -1.93. The third kappa shape index (κ3) is 1.82. The number of pyridine rings is 1. The second-order valence-electron chi connectivity index (χ2n) is 2.32. The second-order valence-corrected chi connectivity index (χ2v) is 3.10. The summed E-state index contributed by atoms with van der Waals surface area (Å²) < 4.78 is 5.04. The van der Waals surface area contributed by atoms with E-state index in [1.165, 1.54) is 6.26 Å². The molecule has 2 heterocycles. The van der Waals surface area contributed by atoms with E-state index in [0.717, 1.165) is 0 Å². The Balaban J connectivity index is 2.46. The predicted molar refractivity (Wildman–Crippen MR) is 49.8 cm³/mol. The van der Waals surface area contributed by atoms with Crippen molar-refractivity contribution in [3.05, 3.63) is 34.8 Å². The Kier molecular flexibility index (Phi) is 2.20. The highest BCUT2D eigenvalue weighted by atomic mass is 35.5. The molecule has 0 fully saturated rings. The van der Waals surface area contributed by atoms with Gasteiger partial charge in [-0.1, -0.05) is 29.3 Å². The van der Waals surface area contributed by atoms with Crippen LogP contribution in [0.5, 0.6) is 0 Å². The molecule has 0 aromatic carbocycles. The Morgan fingerprint density at radius 2 is 1.92 bits per heavy atom. The Labute approximate surface area is 84.3 Å². The molecule has 0 atom stereocenters. The highest BCUT2D eigenvalue weighted by Crippen LogP contribution is 2.19. The molecule has 2 aromatic rings. The summed E-state index contributed by atoms with van der Waals surface area (Å²) in [5.41, 5.74) is 0.569. The number of hydrogen-bond acceptors (Lipinski definition) is 3. The van der Waals surface area contributed by atoms with Gasteiger partial charge in [-0.15, -0.1) is 0 Å². The van der Waals surface area contributed by atoms with E-state index in [-0.39, 0.29) is 0 Å². The fraction of sp³-hybridized carbons (Fsp3) is 0. The zero-order valence-corrected chi connectivity index (χ0v) is 7.88. The SMILES string of the molecule is Clc1cccc(-c2nc(Cl)co2)n1. The minimum absolute atomic E-state index is 0.303. The van der Waals surface area contributed by atoms with Crippen molar-refractivity contribution in [3.63, 3.8) is 0 Å². The van der Waals surface area contributed by atoms with Gasteiger partial charge in [-0.2, -0.15) is 4.98 Å². The van der Waals surface area contributed by atoms with Crippen LogP contribution in [0.4, 0.5) is 0 Å². The smallest absolute Gasteiger partial charge is 0.246 e. The van der Waals surface area contributed by atoms with Crippen molar-refractivity contribution >= 4 is 23.2 Å². The van der Waals surface area contributed by atoms with Crippen LogP contribution in [0, 0.1) is 0 Å². The monoisotopic (exact) mass is 214 g/mol. The Morgan fingerprint density at radius 3 is 2.54 bits per heavy atom. The van der Waals surface area contributed by atoms with Gasteiger partial charge in [0.1, 0.15) is 17.1 Å². The van der Waals surface area contributed by atoms with E-state index >= 15 is 0 Å². The van der Waals surface area contributed by atoms with Gasteiger partial charge in [0.05, 0.1) is 0 Å². The largest absolute Gasteiger partial charge is 0.442 e. The molecule has 0 saturated heterocycles. The van der Waals surface area contributed by atoms with Crippen molar-refractivity contribution in [1.82, 2.24) is 9.97 Å². The number of rotatable bonds is 1. The minimum atomic E-state index is 0.303. The lowest BCUT2D eigenvalue weighted by atomic mass is 10.3. The van der Waals surface area contributed by atoms with Crippen molar-refractivity contribution in [2.45, 2.75) is 0 Å². The van der Waals surface area contributed by atoms with Gasteiger partial charge in [0.15, 0.2) is 5.15 Å². The fourth-order valence-electron chi connectivity index (χ4n) is 0.899. The highest BCUT2D eigenvalue weighted by molar-refractivity contribution is 6.29. The molecule has 0 spiro atoms. The summed E-state index contributed by atoms with van der Waals surface area (Å²) in [6, 6.07) is 5.19. The van der Waals surface area contributed by atoms with Gasteiger partial charge in [-0.3, -0.25) is 0 Å². The van der Waals surface area contributed by atoms with Crippen molar-refractivity contribution < 1.29 is 4.42 Å². The molecule has 0 amide bonds. The molecule has 0 N–H and O–H groups in total. The molecule has 0 bridgehead atoms. The first kappa shape index (κ1) is 8.53. The quantitative estimate of drug-likeness (QED) is 0.686. The van der Waals surface area contributed by atoms with Gasteiger partial charge in [0, 0.05) is 0 Å². The molecule has 2 aromatic heterocycles. The van der Waals surface area contributed by atoms with E-state index in [1.807, 2.05) is 0 Å². The Morgan fingerprint density at radius 1 is 1.08 bits per heavy atom. The van der Waals surface area contributed by atoms with Crippen molar-refractivity contribution in [1.29, 1.82) is 0 Å². The maximum Gasteiger partial charge on any atom is 0.246 e. The molecule has 0 aliphatic carbocycles. The standard InChI is InChI=1S/C8H4Cl2N2O/c9-6-3-1-2-5(11-6)8-12-7(10)4-13-8/h1-4H. The van der Waals surface area contributed by atoms with E-state index in [2.05, 4.69) is 9.97 Å². The Bertz CT molecular complexity index is 428. The summed E-state index contributed by atoms with van der Waals surface area (Å²) in [5, 5.41) is 0.698. The molecule has 2 rings (SSSR count). The Hall–Kier alpha value is -1.06. The lowest BCUT2D eigenvalue weighted by Crippen LogP contribution is -1.82. The second kappa shape index (κ2) is 3.36. The first-order valence-corrected chi connectivity index (χ1v) is 4.25. The molecule has 0 unspecified atom stereocenters. The van der Waals surface area contributed by atoms with Crippen LogP contribution >= 0.6 is 23.2 Å². The maximum atomic E-state index is 5.69. The maximum absolute atomic E-state index is 5.69. The topological polar surface area (TPSA) is 38.9 Å². The molecule has 13 heavy (non-hydrogen) atoms. The van der Waals surface area contributed by atoms with Crippen molar-refractivity contribution in [2.24, 2.45) is 0 Å². The van der Waals surface area contributed by atoms with Crippen molar-refractivity contribution in [3.8, 4) is 11.6 Å². The molecule has 5 heteroatoms. The van der Waals surface area contributed by atoms with E-state index < -0.39 is 0 Å². The summed E-state index contributed by atoms with van der Waals surface area (Å²) in [5.74, 6) is 0.368. The number of aromatic nitrogens is 2. The van der Waals surface area contributed by atoms with E-state index in [4.69, 9.17) is 27.6 Å². The first-order valence-electron chi connectivity index (χ1n) is 3.49. The highest BCUT2D eigenvalue weighted by Gasteiger charge is 2.06. The van der Waals surface area contributed by atoms with Gasteiger partial charge >= 0.3 is 0 Å². The number of hydrogen-bond donors (Lipinski definition) is 0. The third-order valence-electron chi connectivity index (χ3n) is 1.41. The van der Waals surface area contributed by atoms with E-state index in [1.54, 1.807) is 18.2 Å². The summed E-state index contributed by atoms with van der Waals surface area (Å²) in [6.07, 6.45) is 1.35.